The van der Waals surface area contributed by atoms with E-state index in [4.69, 9.17) is 4.98 Å². The van der Waals surface area contributed by atoms with Gasteiger partial charge < -0.3 is 4.98 Å². The van der Waals surface area contributed by atoms with Crippen LogP contribution < -0.4 is 0 Å². The maximum absolute atomic E-state index is 4.82. The zero-order valence-electron chi connectivity index (χ0n) is 24.8. The van der Waals surface area contributed by atoms with Gasteiger partial charge in [0.15, 0.2) is 0 Å². The monoisotopic (exact) mass is 806 g/mol. The summed E-state index contributed by atoms with van der Waals surface area (Å²) in [7, 11) is 0. The summed E-state index contributed by atoms with van der Waals surface area (Å²) in [4.78, 5) is 35.2. The largest absolute Gasteiger partial charge is 4.00 e. The van der Waals surface area contributed by atoms with Crippen molar-refractivity contribution in [1.82, 2.24) is 39.9 Å². The van der Waals surface area contributed by atoms with Crippen LogP contribution in [0.3, 0.4) is 0 Å². The standard InChI is InChI=1S/C17H10N4S.2C10H8N2.Os/c1-4-10-13(18-7-1)14-11(5-2-8-19-14)16-15(10)20-17(21-16)12-6-3-9-22-12;2*1-3-7-11-9(5-1)10-6-2-4-8-12-10;/h1-9H,(H,20,21);2*1-8H;/q;;;+4. The molecule has 0 aliphatic carbocycles. The Hall–Kier alpha value is -5.55. The third-order valence-electron chi connectivity index (χ3n) is 7.01. The molecule has 47 heavy (non-hydrogen) atoms. The molecule has 1 aromatic carbocycles. The van der Waals surface area contributed by atoms with Crippen molar-refractivity contribution >= 4 is 44.2 Å². The van der Waals surface area contributed by atoms with Gasteiger partial charge in [-0.1, -0.05) is 30.3 Å². The molecular formula is C37H26N8OsS+4. The average molecular weight is 805 g/mol. The number of nitrogens with zero attached hydrogens (tertiary/aromatic N) is 7. The van der Waals surface area contributed by atoms with Crippen molar-refractivity contribution in [2.45, 2.75) is 0 Å². The van der Waals surface area contributed by atoms with Crippen molar-refractivity contribution in [3.8, 4) is 33.5 Å². The van der Waals surface area contributed by atoms with Gasteiger partial charge in [-0.25, -0.2) is 4.98 Å². The molecule has 8 nitrogen and oxygen atoms in total. The Morgan fingerprint density at radius 3 is 1.34 bits per heavy atom. The minimum Gasteiger partial charge on any atom is -0.337 e. The van der Waals surface area contributed by atoms with Gasteiger partial charge in [0.05, 0.1) is 49.7 Å². The number of aromatic nitrogens is 8. The molecule has 9 rings (SSSR count). The van der Waals surface area contributed by atoms with Crippen LogP contribution in [0.5, 0.6) is 0 Å². The van der Waals surface area contributed by atoms with Crippen LogP contribution in [0.1, 0.15) is 0 Å². The summed E-state index contributed by atoms with van der Waals surface area (Å²) in [5.74, 6) is 0.895. The number of fused-ring (bicyclic) bond motifs is 6. The molecule has 10 heteroatoms. The van der Waals surface area contributed by atoms with Gasteiger partial charge in [0.2, 0.25) is 0 Å². The smallest absolute Gasteiger partial charge is 0.337 e. The number of hydrogen-bond donors (Lipinski definition) is 1. The molecule has 1 N–H and O–H groups in total. The predicted octanol–water partition coefficient (Wildman–Crippen LogP) is 8.67. The molecule has 0 bridgehead atoms. The fourth-order valence-corrected chi connectivity index (χ4v) is 5.60. The fraction of sp³-hybridized carbons (Fsp3) is 0. The van der Waals surface area contributed by atoms with Crippen LogP contribution in [0.25, 0.3) is 66.3 Å². The molecule has 8 aromatic heterocycles. The van der Waals surface area contributed by atoms with E-state index in [9.17, 15) is 0 Å². The van der Waals surface area contributed by atoms with E-state index in [0.717, 1.165) is 66.3 Å². The van der Waals surface area contributed by atoms with Gasteiger partial charge in [-0.2, -0.15) is 0 Å². The number of imidazole rings is 1. The summed E-state index contributed by atoms with van der Waals surface area (Å²) in [5, 5.41) is 4.14. The molecule has 0 spiro atoms. The summed E-state index contributed by atoms with van der Waals surface area (Å²) in [5.41, 5.74) is 7.44. The molecule has 8 heterocycles. The zero-order valence-corrected chi connectivity index (χ0v) is 28.2. The molecule has 0 saturated carbocycles. The van der Waals surface area contributed by atoms with Gasteiger partial charge in [-0.15, -0.1) is 11.3 Å². The minimum atomic E-state index is 0. The zero-order chi connectivity index (χ0) is 31.0. The third-order valence-corrected chi connectivity index (χ3v) is 7.88. The molecule has 9 aromatic rings. The molecule has 0 atom stereocenters. The SMILES string of the molecule is [Os+4].c1ccc(-c2ccccn2)nc1.c1ccc(-c2ccccn2)nc1.c1csc(-c2nc3c4cccnc4c4ncccc4c3[nH]2)c1. The Morgan fingerprint density at radius 2 is 0.894 bits per heavy atom. The van der Waals surface area contributed by atoms with E-state index in [0.29, 0.717) is 0 Å². The van der Waals surface area contributed by atoms with Gasteiger partial charge >= 0.3 is 19.8 Å². The molecule has 224 valence electrons. The Morgan fingerprint density at radius 1 is 0.426 bits per heavy atom. The normalized spacial score (nSPS) is 10.4. The summed E-state index contributed by atoms with van der Waals surface area (Å²) >= 11 is 1.68. The van der Waals surface area contributed by atoms with E-state index < -0.39 is 0 Å². The van der Waals surface area contributed by atoms with Crippen LogP contribution in [0.4, 0.5) is 0 Å². The summed E-state index contributed by atoms with van der Waals surface area (Å²) in [6.45, 7) is 0. The van der Waals surface area contributed by atoms with Crippen LogP contribution in [0, 0.1) is 0 Å². The van der Waals surface area contributed by atoms with Crippen LogP contribution in [-0.2, 0) is 19.8 Å². The van der Waals surface area contributed by atoms with E-state index in [-0.39, 0.29) is 19.8 Å². The van der Waals surface area contributed by atoms with E-state index in [1.807, 2.05) is 91.0 Å². The van der Waals surface area contributed by atoms with E-state index in [2.05, 4.69) is 58.5 Å². The number of nitrogens with one attached hydrogen (secondary N) is 1. The first-order chi connectivity index (χ1) is 22.8. The summed E-state index contributed by atoms with van der Waals surface area (Å²) in [6, 6.07) is 35.3. The van der Waals surface area contributed by atoms with Crippen molar-refractivity contribution in [3.05, 3.63) is 152 Å². The maximum Gasteiger partial charge on any atom is 4.00 e. The van der Waals surface area contributed by atoms with Crippen LogP contribution >= 0.6 is 11.3 Å². The second-order valence-corrected chi connectivity index (χ2v) is 10.9. The van der Waals surface area contributed by atoms with Crippen molar-refractivity contribution in [3.63, 3.8) is 0 Å². The van der Waals surface area contributed by atoms with E-state index in [1.165, 1.54) is 0 Å². The number of H-pyrrole nitrogens is 1. The Balaban J connectivity index is 0.000000132. The molecule has 0 unspecified atom stereocenters. The molecule has 0 amide bonds. The van der Waals surface area contributed by atoms with Gasteiger partial charge in [0, 0.05) is 48.0 Å². The van der Waals surface area contributed by atoms with Crippen molar-refractivity contribution in [2.24, 2.45) is 0 Å². The molecule has 0 saturated heterocycles. The number of hydrogen-bond acceptors (Lipinski definition) is 8. The van der Waals surface area contributed by atoms with E-state index in [1.54, 1.807) is 48.5 Å². The van der Waals surface area contributed by atoms with Gasteiger partial charge in [0.1, 0.15) is 5.82 Å². The number of rotatable bonds is 3. The Labute approximate surface area is 287 Å². The molecular weight excluding hydrogens is 779 g/mol. The first-order valence-electron chi connectivity index (χ1n) is 14.5. The van der Waals surface area contributed by atoms with Crippen molar-refractivity contribution in [2.75, 3.05) is 0 Å². The fourth-order valence-electron chi connectivity index (χ4n) is 4.93. The van der Waals surface area contributed by atoms with Crippen LogP contribution in [0.15, 0.2) is 152 Å². The Bertz CT molecular complexity index is 2080. The van der Waals surface area contributed by atoms with Crippen LogP contribution in [0.2, 0.25) is 0 Å². The summed E-state index contributed by atoms with van der Waals surface area (Å²) < 4.78 is 0. The second kappa shape index (κ2) is 15.2. The molecule has 0 aliphatic rings. The van der Waals surface area contributed by atoms with Gasteiger partial charge in [-0.3, -0.25) is 29.9 Å². The molecule has 0 fully saturated rings. The third kappa shape index (κ3) is 7.15. The number of aromatic amines is 1. The number of benzene rings is 1. The van der Waals surface area contributed by atoms with Crippen molar-refractivity contribution in [1.29, 1.82) is 0 Å². The second-order valence-electron chi connectivity index (χ2n) is 9.95. The molecule has 0 aliphatic heterocycles. The quantitative estimate of drug-likeness (QED) is 0.178. The first kappa shape index (κ1) is 31.4. The summed E-state index contributed by atoms with van der Waals surface area (Å²) in [6.07, 6.45) is 10.7. The predicted molar refractivity (Wildman–Crippen MR) is 185 cm³/mol. The van der Waals surface area contributed by atoms with Crippen molar-refractivity contribution < 1.29 is 19.8 Å². The Kier molecular flexibility index (Phi) is 10.1. The number of thiophene rings is 1. The average Bonchev–Trinajstić information content (AvgIpc) is 3.86. The van der Waals surface area contributed by atoms with Gasteiger partial charge in [-0.05, 0) is 84.2 Å². The first-order valence-corrected chi connectivity index (χ1v) is 15.4. The number of pyridine rings is 6. The van der Waals surface area contributed by atoms with E-state index >= 15 is 0 Å². The van der Waals surface area contributed by atoms with Gasteiger partial charge in [0.25, 0.3) is 0 Å². The topological polar surface area (TPSA) is 106 Å². The minimum absolute atomic E-state index is 0. The maximum atomic E-state index is 4.82. The van der Waals surface area contributed by atoms with Crippen LogP contribution in [-0.4, -0.2) is 39.9 Å². The molecule has 0 radical (unpaired) electrons.